The second-order valence-corrected chi connectivity index (χ2v) is 6.72. The zero-order chi connectivity index (χ0) is 21.7. The highest BCUT2D eigenvalue weighted by Crippen LogP contribution is 2.37. The van der Waals surface area contributed by atoms with E-state index >= 15 is 0 Å². The predicted molar refractivity (Wildman–Crippen MR) is 110 cm³/mol. The lowest BCUT2D eigenvalue weighted by Gasteiger charge is -2.19. The number of rotatable bonds is 7. The Kier molecular flexibility index (Phi) is 6.89. The van der Waals surface area contributed by atoms with E-state index in [1.54, 1.807) is 25.1 Å². The van der Waals surface area contributed by atoms with E-state index in [-0.39, 0.29) is 10.6 Å². The van der Waals surface area contributed by atoms with Crippen molar-refractivity contribution < 1.29 is 33.3 Å². The Labute approximate surface area is 179 Å². The zero-order valence-corrected chi connectivity index (χ0v) is 17.6. The van der Waals surface area contributed by atoms with Crippen LogP contribution in [0.15, 0.2) is 30.3 Å². The molecule has 1 amide bonds. The molecule has 1 heterocycles. The van der Waals surface area contributed by atoms with Crippen LogP contribution in [-0.4, -0.2) is 44.9 Å². The van der Waals surface area contributed by atoms with Gasteiger partial charge in [-0.25, -0.2) is 4.79 Å². The number of hydrogen-bond donors (Lipinski definition) is 1. The minimum Gasteiger partial charge on any atom is -0.493 e. The van der Waals surface area contributed by atoms with Gasteiger partial charge in [-0.1, -0.05) is 11.6 Å². The number of amides is 1. The first-order valence-corrected chi connectivity index (χ1v) is 9.72. The van der Waals surface area contributed by atoms with Crippen molar-refractivity contribution in [3.05, 3.63) is 40.9 Å². The van der Waals surface area contributed by atoms with E-state index < -0.39 is 18.0 Å². The van der Waals surface area contributed by atoms with Gasteiger partial charge >= 0.3 is 5.97 Å². The van der Waals surface area contributed by atoms with Gasteiger partial charge in [-0.2, -0.15) is 0 Å². The van der Waals surface area contributed by atoms with Gasteiger partial charge in [0.15, 0.2) is 29.1 Å². The third-order valence-corrected chi connectivity index (χ3v) is 4.50. The zero-order valence-electron chi connectivity index (χ0n) is 16.8. The number of hydrogen-bond acceptors (Lipinski definition) is 7. The van der Waals surface area contributed by atoms with Gasteiger partial charge in [0.25, 0.3) is 5.91 Å². The van der Waals surface area contributed by atoms with Crippen LogP contribution < -0.4 is 24.3 Å². The maximum Gasteiger partial charge on any atom is 0.339 e. The molecule has 3 rings (SSSR count). The molecule has 30 heavy (non-hydrogen) atoms. The first-order chi connectivity index (χ1) is 14.4. The number of carbonyl (C=O) groups is 2. The number of anilines is 1. The Morgan fingerprint density at radius 2 is 1.90 bits per heavy atom. The van der Waals surface area contributed by atoms with E-state index in [0.29, 0.717) is 48.5 Å². The molecule has 0 saturated heterocycles. The van der Waals surface area contributed by atoms with E-state index in [9.17, 15) is 9.59 Å². The van der Waals surface area contributed by atoms with Gasteiger partial charge in [-0.3, -0.25) is 4.79 Å². The number of methoxy groups -OCH3 is 1. The summed E-state index contributed by atoms with van der Waals surface area (Å²) in [6.45, 7) is 4.58. The van der Waals surface area contributed by atoms with Crippen molar-refractivity contribution in [1.29, 1.82) is 0 Å². The molecule has 0 aliphatic carbocycles. The molecule has 0 radical (unpaired) electrons. The van der Waals surface area contributed by atoms with Crippen molar-refractivity contribution in [2.75, 3.05) is 32.2 Å². The van der Waals surface area contributed by atoms with Gasteiger partial charge in [0.05, 0.1) is 24.3 Å². The van der Waals surface area contributed by atoms with Gasteiger partial charge in [-0.05, 0) is 38.1 Å². The Bertz CT molecular complexity index is 947. The smallest absolute Gasteiger partial charge is 0.339 e. The lowest BCUT2D eigenvalue weighted by molar-refractivity contribution is -0.123. The Morgan fingerprint density at radius 3 is 2.60 bits per heavy atom. The average Bonchev–Trinajstić information content (AvgIpc) is 2.74. The molecule has 0 unspecified atom stereocenters. The highest BCUT2D eigenvalue weighted by molar-refractivity contribution is 6.32. The molecule has 0 saturated carbocycles. The Morgan fingerprint density at radius 1 is 1.17 bits per heavy atom. The van der Waals surface area contributed by atoms with Crippen molar-refractivity contribution in [2.45, 2.75) is 20.0 Å². The lowest BCUT2D eigenvalue weighted by atomic mass is 10.2. The van der Waals surface area contributed by atoms with Crippen LogP contribution in [-0.2, 0) is 9.53 Å². The van der Waals surface area contributed by atoms with Gasteiger partial charge in [0.2, 0.25) is 0 Å². The fourth-order valence-corrected chi connectivity index (χ4v) is 3.03. The number of halogens is 1. The van der Waals surface area contributed by atoms with Crippen LogP contribution in [0.25, 0.3) is 0 Å². The summed E-state index contributed by atoms with van der Waals surface area (Å²) in [4.78, 5) is 24.9. The number of ether oxygens (including phenoxy) is 5. The molecule has 0 fully saturated rings. The summed E-state index contributed by atoms with van der Waals surface area (Å²) in [6, 6.07) is 7.89. The molecule has 2 aromatic carbocycles. The summed E-state index contributed by atoms with van der Waals surface area (Å²) >= 11 is 6.19. The topological polar surface area (TPSA) is 92.3 Å². The lowest BCUT2D eigenvalue weighted by Crippen LogP contribution is -2.30. The fourth-order valence-electron chi connectivity index (χ4n) is 2.77. The number of carbonyl (C=O) groups excluding carboxylic acids is 2. The van der Waals surface area contributed by atoms with Crippen molar-refractivity contribution in [2.24, 2.45) is 0 Å². The second-order valence-electron chi connectivity index (χ2n) is 6.32. The van der Waals surface area contributed by atoms with E-state index in [0.717, 1.165) is 0 Å². The second kappa shape index (κ2) is 9.58. The molecule has 2 aromatic rings. The molecular formula is C21H22ClNO7. The first-order valence-electron chi connectivity index (χ1n) is 9.34. The third kappa shape index (κ3) is 4.88. The number of benzene rings is 2. The Balaban J connectivity index is 1.66. The van der Waals surface area contributed by atoms with Crippen LogP contribution >= 0.6 is 11.6 Å². The van der Waals surface area contributed by atoms with Crippen molar-refractivity contribution >= 4 is 29.2 Å². The largest absolute Gasteiger partial charge is 0.493 e. The molecule has 1 atom stereocenters. The summed E-state index contributed by atoms with van der Waals surface area (Å²) in [5.74, 6) is 0.569. The van der Waals surface area contributed by atoms with Crippen LogP contribution in [0, 0.1) is 0 Å². The van der Waals surface area contributed by atoms with Crippen molar-refractivity contribution in [3.63, 3.8) is 0 Å². The average molecular weight is 436 g/mol. The maximum atomic E-state index is 12.5. The van der Waals surface area contributed by atoms with E-state index in [4.69, 9.17) is 35.3 Å². The highest BCUT2D eigenvalue weighted by atomic mass is 35.5. The van der Waals surface area contributed by atoms with Crippen molar-refractivity contribution in [3.8, 4) is 23.0 Å². The number of esters is 1. The monoisotopic (exact) mass is 435 g/mol. The van der Waals surface area contributed by atoms with Gasteiger partial charge in [0, 0.05) is 11.8 Å². The SMILES string of the molecule is CCOc1c(Cl)cc(C(=O)O[C@H](C)C(=O)Nc2ccc3c(c2)OCCO3)cc1OC. The molecule has 160 valence electrons. The van der Waals surface area contributed by atoms with E-state index in [2.05, 4.69) is 5.32 Å². The van der Waals surface area contributed by atoms with Gasteiger partial charge in [-0.15, -0.1) is 0 Å². The van der Waals surface area contributed by atoms with Crippen LogP contribution in [0.4, 0.5) is 5.69 Å². The minimum absolute atomic E-state index is 0.138. The molecular weight excluding hydrogens is 414 g/mol. The molecule has 9 heteroatoms. The standard InChI is InChI=1S/C21H22ClNO7/c1-4-27-19-15(22)9-13(10-18(19)26-3)21(25)30-12(2)20(24)23-14-5-6-16-17(11-14)29-8-7-28-16/h5-6,9-12H,4,7-8H2,1-3H3,(H,23,24)/t12-/m1/s1. The van der Waals surface area contributed by atoms with Gasteiger partial charge in [0.1, 0.15) is 13.2 Å². The molecule has 1 aliphatic heterocycles. The minimum atomic E-state index is -1.05. The molecule has 0 aromatic heterocycles. The molecule has 1 N–H and O–H groups in total. The Hall–Kier alpha value is -3.13. The molecule has 8 nitrogen and oxygen atoms in total. The highest BCUT2D eigenvalue weighted by Gasteiger charge is 2.22. The quantitative estimate of drug-likeness (QED) is 0.663. The predicted octanol–water partition coefficient (Wildman–Crippen LogP) is 3.70. The van der Waals surface area contributed by atoms with E-state index in [1.165, 1.54) is 26.2 Å². The molecule has 0 bridgehead atoms. The van der Waals surface area contributed by atoms with Crippen molar-refractivity contribution in [1.82, 2.24) is 0 Å². The summed E-state index contributed by atoms with van der Waals surface area (Å²) in [5, 5.41) is 2.89. The van der Waals surface area contributed by atoms with E-state index in [1.807, 2.05) is 0 Å². The summed E-state index contributed by atoms with van der Waals surface area (Å²) in [7, 11) is 1.44. The summed E-state index contributed by atoms with van der Waals surface area (Å²) in [5.41, 5.74) is 0.636. The summed E-state index contributed by atoms with van der Waals surface area (Å²) < 4.78 is 26.9. The molecule has 1 aliphatic rings. The normalized spacial score (nSPS) is 13.2. The number of fused-ring (bicyclic) bond motifs is 1. The maximum absolute atomic E-state index is 12.5. The van der Waals surface area contributed by atoms with Gasteiger partial charge < -0.3 is 29.0 Å². The summed E-state index contributed by atoms with van der Waals surface area (Å²) in [6.07, 6.45) is -1.05. The fraction of sp³-hybridized carbons (Fsp3) is 0.333. The van der Waals surface area contributed by atoms with Crippen LogP contribution in [0.5, 0.6) is 23.0 Å². The van der Waals surface area contributed by atoms with Crippen LogP contribution in [0.3, 0.4) is 0 Å². The molecule has 0 spiro atoms. The first kappa shape index (κ1) is 21.6. The third-order valence-electron chi connectivity index (χ3n) is 4.22. The number of nitrogens with one attached hydrogen (secondary N) is 1. The van der Waals surface area contributed by atoms with Crippen LogP contribution in [0.1, 0.15) is 24.2 Å². The van der Waals surface area contributed by atoms with Crippen LogP contribution in [0.2, 0.25) is 5.02 Å².